The van der Waals surface area contributed by atoms with Gasteiger partial charge >= 0.3 is 12.1 Å². The number of ether oxygens (including phenoxy) is 3. The highest BCUT2D eigenvalue weighted by molar-refractivity contribution is 6.44. The van der Waals surface area contributed by atoms with E-state index in [1.54, 1.807) is 0 Å². The second-order valence-corrected chi connectivity index (χ2v) is 6.18. The van der Waals surface area contributed by atoms with E-state index in [-0.39, 0.29) is 5.75 Å². The number of benzene rings is 1. The van der Waals surface area contributed by atoms with Crippen molar-refractivity contribution in [2.75, 3.05) is 7.11 Å². The summed E-state index contributed by atoms with van der Waals surface area (Å²) in [6, 6.07) is 5.79. The van der Waals surface area contributed by atoms with E-state index in [9.17, 15) is 18.0 Å². The Morgan fingerprint density at radius 1 is 1.07 bits per heavy atom. The van der Waals surface area contributed by atoms with Gasteiger partial charge in [0, 0.05) is 0 Å². The number of rotatable bonds is 5. The first-order chi connectivity index (χ1) is 12.5. The summed E-state index contributed by atoms with van der Waals surface area (Å²) in [7, 11) is 1.23. The van der Waals surface area contributed by atoms with Gasteiger partial charge in [-0.05, 0) is 31.2 Å². The van der Waals surface area contributed by atoms with Crippen LogP contribution in [-0.2, 0) is 15.7 Å². The van der Waals surface area contributed by atoms with Crippen molar-refractivity contribution in [3.8, 4) is 17.4 Å². The lowest BCUT2D eigenvalue weighted by atomic mass is 10.2. The van der Waals surface area contributed by atoms with Crippen LogP contribution in [0.1, 0.15) is 12.5 Å². The first-order valence-corrected chi connectivity index (χ1v) is 8.32. The number of pyridine rings is 1. The monoisotopic (exact) mass is 443 g/mol. The predicted octanol–water partition coefficient (Wildman–Crippen LogP) is 5.79. The van der Waals surface area contributed by atoms with Crippen LogP contribution >= 0.6 is 34.8 Å². The van der Waals surface area contributed by atoms with Crippen LogP contribution in [0.4, 0.5) is 13.2 Å². The quantitative estimate of drug-likeness (QED) is 0.431. The van der Waals surface area contributed by atoms with Crippen LogP contribution in [0.15, 0.2) is 24.3 Å². The lowest BCUT2D eigenvalue weighted by Crippen LogP contribution is -2.24. The lowest BCUT2D eigenvalue weighted by Gasteiger charge is -2.15. The number of carbonyl (C=O) groups excluding carboxylic acids is 1. The van der Waals surface area contributed by atoms with Gasteiger partial charge in [-0.2, -0.15) is 18.2 Å². The third kappa shape index (κ3) is 5.09. The molecule has 0 fully saturated rings. The Hall–Kier alpha value is -1.90. The number of alkyl halides is 3. The summed E-state index contributed by atoms with van der Waals surface area (Å²) in [5, 5.41) is -2.24. The summed E-state index contributed by atoms with van der Waals surface area (Å²) in [6.45, 7) is 1.51. The van der Waals surface area contributed by atoms with E-state index < -0.39 is 44.9 Å². The maximum Gasteiger partial charge on any atom is 0.420 e. The van der Waals surface area contributed by atoms with Crippen LogP contribution in [0, 0.1) is 0 Å². The Morgan fingerprint density at radius 3 is 2.15 bits per heavy atom. The molecule has 0 amide bonds. The Balaban J connectivity index is 2.22. The van der Waals surface area contributed by atoms with Gasteiger partial charge in [-0.25, -0.2) is 4.79 Å². The van der Waals surface area contributed by atoms with E-state index >= 15 is 0 Å². The molecule has 0 aliphatic rings. The van der Waals surface area contributed by atoms with Crippen LogP contribution in [0.25, 0.3) is 0 Å². The van der Waals surface area contributed by atoms with E-state index in [0.29, 0.717) is 5.75 Å². The zero-order valence-electron chi connectivity index (χ0n) is 13.7. The highest BCUT2D eigenvalue weighted by Gasteiger charge is 2.39. The number of esters is 1. The maximum absolute atomic E-state index is 12.9. The predicted molar refractivity (Wildman–Crippen MR) is 92.9 cm³/mol. The van der Waals surface area contributed by atoms with Crippen molar-refractivity contribution in [3.05, 3.63) is 45.0 Å². The van der Waals surface area contributed by atoms with Crippen LogP contribution in [-0.4, -0.2) is 24.2 Å². The molecule has 0 aliphatic heterocycles. The zero-order chi connectivity index (χ0) is 20.4. The van der Waals surface area contributed by atoms with Crippen molar-refractivity contribution in [1.82, 2.24) is 4.98 Å². The summed E-state index contributed by atoms with van der Waals surface area (Å²) in [5.74, 6) is -0.436. The highest BCUT2D eigenvalue weighted by atomic mass is 35.5. The normalized spacial score (nSPS) is 12.4. The van der Waals surface area contributed by atoms with E-state index in [1.807, 2.05) is 0 Å². The summed E-state index contributed by atoms with van der Waals surface area (Å²) >= 11 is 17.0. The lowest BCUT2D eigenvalue weighted by molar-refractivity contribution is -0.148. The molecule has 0 unspecified atom stereocenters. The third-order valence-electron chi connectivity index (χ3n) is 3.17. The minimum absolute atomic E-state index is 0.175. The summed E-state index contributed by atoms with van der Waals surface area (Å²) < 4.78 is 54.0. The summed E-state index contributed by atoms with van der Waals surface area (Å²) in [6.07, 6.45) is -5.65. The van der Waals surface area contributed by atoms with Gasteiger partial charge in [0.2, 0.25) is 5.88 Å². The van der Waals surface area contributed by atoms with Gasteiger partial charge in [0.1, 0.15) is 27.2 Å². The molecule has 0 bridgehead atoms. The van der Waals surface area contributed by atoms with E-state index in [2.05, 4.69) is 9.72 Å². The fourth-order valence-corrected chi connectivity index (χ4v) is 2.69. The molecule has 27 heavy (non-hydrogen) atoms. The Kier molecular flexibility index (Phi) is 6.67. The fraction of sp³-hybridized carbons (Fsp3) is 0.250. The first-order valence-electron chi connectivity index (χ1n) is 7.18. The van der Waals surface area contributed by atoms with Crippen LogP contribution in [0.5, 0.6) is 17.4 Å². The molecule has 0 saturated heterocycles. The zero-order valence-corrected chi connectivity index (χ0v) is 16.0. The SMILES string of the molecule is COC(=O)[C@@H](C)Oc1ccc(Oc2nc(Cl)c(C(F)(F)F)c(Cl)c2Cl)cc1. The fourth-order valence-electron chi connectivity index (χ4n) is 1.91. The summed E-state index contributed by atoms with van der Waals surface area (Å²) in [4.78, 5) is 14.8. The summed E-state index contributed by atoms with van der Waals surface area (Å²) in [5.41, 5.74) is -1.34. The van der Waals surface area contributed by atoms with Gasteiger partial charge < -0.3 is 14.2 Å². The Morgan fingerprint density at radius 2 is 1.63 bits per heavy atom. The average Bonchev–Trinajstić information content (AvgIpc) is 2.59. The van der Waals surface area contributed by atoms with Crippen molar-refractivity contribution < 1.29 is 32.2 Å². The number of methoxy groups -OCH3 is 1. The van der Waals surface area contributed by atoms with Crippen molar-refractivity contribution in [3.63, 3.8) is 0 Å². The first kappa shape index (κ1) is 21.4. The number of carbonyl (C=O) groups is 1. The topological polar surface area (TPSA) is 57.7 Å². The smallest absolute Gasteiger partial charge is 0.420 e. The second kappa shape index (κ2) is 8.41. The Bertz CT molecular complexity index is 844. The largest absolute Gasteiger partial charge is 0.479 e. The molecular formula is C16H11Cl3F3NO4. The number of hydrogen-bond acceptors (Lipinski definition) is 5. The second-order valence-electron chi connectivity index (χ2n) is 5.07. The minimum Gasteiger partial charge on any atom is -0.479 e. The van der Waals surface area contributed by atoms with E-state index in [4.69, 9.17) is 44.3 Å². The molecule has 0 aliphatic carbocycles. The molecule has 11 heteroatoms. The molecule has 2 rings (SSSR count). The van der Waals surface area contributed by atoms with E-state index in [0.717, 1.165) is 0 Å². The Labute approximate surface area is 166 Å². The molecule has 0 spiro atoms. The van der Waals surface area contributed by atoms with Gasteiger partial charge in [-0.1, -0.05) is 34.8 Å². The molecule has 0 radical (unpaired) electrons. The highest BCUT2D eigenvalue weighted by Crippen LogP contribution is 2.45. The molecule has 146 valence electrons. The van der Waals surface area contributed by atoms with Gasteiger partial charge in [0.05, 0.1) is 12.1 Å². The van der Waals surface area contributed by atoms with Gasteiger partial charge in [-0.15, -0.1) is 0 Å². The molecule has 5 nitrogen and oxygen atoms in total. The molecule has 1 heterocycles. The van der Waals surface area contributed by atoms with Crippen molar-refractivity contribution in [1.29, 1.82) is 0 Å². The third-order valence-corrected chi connectivity index (χ3v) is 4.27. The van der Waals surface area contributed by atoms with Gasteiger partial charge in [0.25, 0.3) is 0 Å². The number of hydrogen-bond donors (Lipinski definition) is 0. The average molecular weight is 445 g/mol. The molecule has 1 aromatic heterocycles. The molecule has 0 N–H and O–H groups in total. The van der Waals surface area contributed by atoms with Crippen molar-refractivity contribution >= 4 is 40.8 Å². The maximum atomic E-state index is 12.9. The molecule has 1 aromatic carbocycles. The van der Waals surface area contributed by atoms with Crippen molar-refractivity contribution in [2.45, 2.75) is 19.2 Å². The molecule has 2 aromatic rings. The van der Waals surface area contributed by atoms with Crippen LogP contribution in [0.2, 0.25) is 15.2 Å². The number of aromatic nitrogens is 1. The van der Waals surface area contributed by atoms with Crippen molar-refractivity contribution in [2.24, 2.45) is 0 Å². The number of nitrogens with zero attached hydrogens (tertiary/aromatic N) is 1. The number of halogens is 6. The van der Waals surface area contributed by atoms with Crippen LogP contribution in [0.3, 0.4) is 0 Å². The minimum atomic E-state index is -4.82. The molecule has 0 saturated carbocycles. The molecule has 1 atom stereocenters. The van der Waals surface area contributed by atoms with Gasteiger partial charge in [-0.3, -0.25) is 0 Å². The van der Waals surface area contributed by atoms with E-state index in [1.165, 1.54) is 38.3 Å². The van der Waals surface area contributed by atoms with Crippen LogP contribution < -0.4 is 9.47 Å². The van der Waals surface area contributed by atoms with Gasteiger partial charge in [0.15, 0.2) is 6.10 Å². The standard InChI is InChI=1S/C16H11Cl3F3NO4/c1-7(15(24)25-2)26-8-3-5-9(6-4-8)27-14-12(18)11(17)10(13(19)23-14)16(20,21)22/h3-7H,1-2H3/t7-/m1/s1. The molecular weight excluding hydrogens is 434 g/mol.